The summed E-state index contributed by atoms with van der Waals surface area (Å²) < 4.78 is 33.9. The molecule has 0 saturated carbocycles. The smallest absolute Gasteiger partial charge is 0.243 e. The number of hydrogen-bond acceptors (Lipinski definition) is 4. The van der Waals surface area contributed by atoms with Crippen molar-refractivity contribution >= 4 is 37.5 Å². The van der Waals surface area contributed by atoms with Gasteiger partial charge in [-0.25, -0.2) is 8.42 Å². The van der Waals surface area contributed by atoms with Crippen LogP contribution in [0.5, 0.6) is 11.5 Å². The molecule has 0 aromatic heterocycles. The Kier molecular flexibility index (Phi) is 6.93. The first-order valence-electron chi connectivity index (χ1n) is 10.3. The zero-order valence-electron chi connectivity index (χ0n) is 17.3. The van der Waals surface area contributed by atoms with E-state index in [0.717, 1.165) is 4.47 Å². The van der Waals surface area contributed by atoms with Crippen LogP contribution in [-0.2, 0) is 14.8 Å². The largest absolute Gasteiger partial charge is 0.455 e. The first-order chi connectivity index (χ1) is 15.4. The number of nitrogens with one attached hydrogen (secondary N) is 1. The van der Waals surface area contributed by atoms with Crippen LogP contribution in [0.1, 0.15) is 12.8 Å². The lowest BCUT2D eigenvalue weighted by Gasteiger charge is -2.30. The topological polar surface area (TPSA) is 75.7 Å². The highest BCUT2D eigenvalue weighted by atomic mass is 79.9. The number of para-hydroxylation sites is 3. The van der Waals surface area contributed by atoms with Gasteiger partial charge in [0.05, 0.1) is 10.6 Å². The van der Waals surface area contributed by atoms with Crippen LogP contribution in [0.25, 0.3) is 0 Å². The van der Waals surface area contributed by atoms with Gasteiger partial charge in [-0.2, -0.15) is 4.31 Å². The van der Waals surface area contributed by atoms with Crippen LogP contribution in [-0.4, -0.2) is 31.7 Å². The Morgan fingerprint density at radius 1 is 0.906 bits per heavy atom. The van der Waals surface area contributed by atoms with Crippen LogP contribution in [0.4, 0.5) is 5.69 Å². The van der Waals surface area contributed by atoms with Crippen molar-refractivity contribution < 1.29 is 17.9 Å². The molecule has 6 nitrogen and oxygen atoms in total. The minimum atomic E-state index is -3.57. The Bertz CT molecular complexity index is 1180. The third-order valence-electron chi connectivity index (χ3n) is 5.39. The maximum atomic E-state index is 12.9. The predicted molar refractivity (Wildman–Crippen MR) is 127 cm³/mol. The first kappa shape index (κ1) is 22.5. The Labute approximate surface area is 196 Å². The molecule has 4 rings (SSSR count). The normalized spacial score (nSPS) is 15.3. The van der Waals surface area contributed by atoms with Gasteiger partial charge in [0.15, 0.2) is 5.75 Å². The fourth-order valence-electron chi connectivity index (χ4n) is 3.62. The molecule has 1 aliphatic rings. The summed E-state index contributed by atoms with van der Waals surface area (Å²) in [5.74, 6) is 0.842. The van der Waals surface area contributed by atoms with E-state index in [1.54, 1.807) is 36.4 Å². The number of amides is 1. The summed E-state index contributed by atoms with van der Waals surface area (Å²) in [5, 5.41) is 2.95. The molecule has 0 bridgehead atoms. The van der Waals surface area contributed by atoms with E-state index >= 15 is 0 Å². The molecule has 3 aromatic carbocycles. The molecule has 32 heavy (non-hydrogen) atoms. The van der Waals surface area contributed by atoms with Gasteiger partial charge >= 0.3 is 0 Å². The van der Waals surface area contributed by atoms with Crippen molar-refractivity contribution in [3.05, 3.63) is 83.3 Å². The van der Waals surface area contributed by atoms with Crippen LogP contribution in [0.3, 0.4) is 0 Å². The number of rotatable bonds is 6. The molecule has 3 aromatic rings. The fourth-order valence-corrected chi connectivity index (χ4v) is 5.36. The highest BCUT2D eigenvalue weighted by molar-refractivity contribution is 9.10. The van der Waals surface area contributed by atoms with E-state index in [-0.39, 0.29) is 16.7 Å². The lowest BCUT2D eigenvalue weighted by molar-refractivity contribution is -0.120. The monoisotopic (exact) mass is 514 g/mol. The maximum absolute atomic E-state index is 12.9. The number of carbonyl (C=O) groups is 1. The summed E-state index contributed by atoms with van der Waals surface area (Å²) in [6, 6.07) is 23.2. The van der Waals surface area contributed by atoms with E-state index < -0.39 is 10.0 Å². The molecule has 1 aliphatic heterocycles. The van der Waals surface area contributed by atoms with Gasteiger partial charge in [-0.1, -0.05) is 46.3 Å². The van der Waals surface area contributed by atoms with Crippen molar-refractivity contribution in [2.45, 2.75) is 17.7 Å². The molecule has 1 fully saturated rings. The number of halogens is 1. The average Bonchev–Trinajstić information content (AvgIpc) is 2.81. The second kappa shape index (κ2) is 9.85. The van der Waals surface area contributed by atoms with E-state index in [1.807, 2.05) is 42.5 Å². The standard InChI is InChI=1S/C24H23BrN2O4S/c25-19-10-12-21(13-11-19)32(29,30)27-16-14-18(15-17-27)24(28)26-22-8-4-5-9-23(22)31-20-6-2-1-3-7-20/h1-13,18H,14-17H2,(H,26,28). The predicted octanol–water partition coefficient (Wildman–Crippen LogP) is 5.28. The lowest BCUT2D eigenvalue weighted by atomic mass is 9.97. The molecule has 8 heteroatoms. The van der Waals surface area contributed by atoms with Crippen molar-refractivity contribution in [1.82, 2.24) is 4.31 Å². The second-order valence-corrected chi connectivity index (χ2v) is 10.4. The van der Waals surface area contributed by atoms with Gasteiger partial charge in [0.1, 0.15) is 5.75 Å². The molecule has 0 unspecified atom stereocenters. The zero-order chi connectivity index (χ0) is 22.6. The number of anilines is 1. The van der Waals surface area contributed by atoms with Crippen LogP contribution < -0.4 is 10.1 Å². The molecule has 166 valence electrons. The van der Waals surface area contributed by atoms with E-state index in [2.05, 4.69) is 21.2 Å². The number of piperidine rings is 1. The third kappa shape index (κ3) is 5.20. The Morgan fingerprint density at radius 3 is 2.22 bits per heavy atom. The Hall–Kier alpha value is -2.68. The molecule has 0 atom stereocenters. The van der Waals surface area contributed by atoms with Crippen LogP contribution in [0.2, 0.25) is 0 Å². The second-order valence-electron chi connectivity index (χ2n) is 7.53. The fraction of sp³-hybridized carbons (Fsp3) is 0.208. The number of hydrogen-bond donors (Lipinski definition) is 1. The molecule has 1 amide bonds. The third-order valence-corrected chi connectivity index (χ3v) is 7.83. The number of carbonyl (C=O) groups excluding carboxylic acids is 1. The van der Waals surface area contributed by atoms with Gasteiger partial charge < -0.3 is 10.1 Å². The number of benzene rings is 3. The highest BCUT2D eigenvalue weighted by Gasteiger charge is 2.32. The Morgan fingerprint density at radius 2 is 1.53 bits per heavy atom. The van der Waals surface area contributed by atoms with Crippen molar-refractivity contribution in [3.63, 3.8) is 0 Å². The van der Waals surface area contributed by atoms with Crippen molar-refractivity contribution in [2.75, 3.05) is 18.4 Å². The van der Waals surface area contributed by atoms with E-state index in [1.165, 1.54) is 4.31 Å². The number of sulfonamides is 1. The molecule has 1 heterocycles. The van der Waals surface area contributed by atoms with Crippen LogP contribution >= 0.6 is 15.9 Å². The quantitative estimate of drug-likeness (QED) is 0.485. The Balaban J connectivity index is 1.39. The minimum absolute atomic E-state index is 0.130. The van der Waals surface area contributed by atoms with Crippen LogP contribution in [0, 0.1) is 5.92 Å². The lowest BCUT2D eigenvalue weighted by Crippen LogP contribution is -2.41. The van der Waals surface area contributed by atoms with Gasteiger partial charge in [0.2, 0.25) is 15.9 Å². The van der Waals surface area contributed by atoms with E-state index in [0.29, 0.717) is 43.1 Å². The van der Waals surface area contributed by atoms with Crippen molar-refractivity contribution in [2.24, 2.45) is 5.92 Å². The van der Waals surface area contributed by atoms with Gasteiger partial charge in [0, 0.05) is 23.5 Å². The summed E-state index contributed by atoms with van der Waals surface area (Å²) in [7, 11) is -3.57. The van der Waals surface area contributed by atoms with E-state index in [9.17, 15) is 13.2 Å². The SMILES string of the molecule is O=C(Nc1ccccc1Oc1ccccc1)C1CCN(S(=O)(=O)c2ccc(Br)cc2)CC1. The summed E-state index contributed by atoms with van der Waals surface area (Å²) in [4.78, 5) is 13.2. The molecular formula is C24H23BrN2O4S. The van der Waals surface area contributed by atoms with Gasteiger partial charge in [-0.15, -0.1) is 0 Å². The highest BCUT2D eigenvalue weighted by Crippen LogP contribution is 2.31. The van der Waals surface area contributed by atoms with Gasteiger partial charge in [0.25, 0.3) is 0 Å². The average molecular weight is 515 g/mol. The van der Waals surface area contributed by atoms with Gasteiger partial charge in [-0.3, -0.25) is 4.79 Å². The molecular weight excluding hydrogens is 492 g/mol. The summed E-state index contributed by atoms with van der Waals surface area (Å²) in [6.07, 6.45) is 0.923. The number of ether oxygens (including phenoxy) is 1. The number of nitrogens with zero attached hydrogens (tertiary/aromatic N) is 1. The molecule has 0 radical (unpaired) electrons. The molecule has 0 spiro atoms. The minimum Gasteiger partial charge on any atom is -0.455 e. The van der Waals surface area contributed by atoms with Gasteiger partial charge in [-0.05, 0) is 61.4 Å². The molecule has 1 N–H and O–H groups in total. The zero-order valence-corrected chi connectivity index (χ0v) is 19.7. The van der Waals surface area contributed by atoms with Crippen LogP contribution in [0.15, 0.2) is 88.2 Å². The first-order valence-corrected chi connectivity index (χ1v) is 12.6. The summed E-state index contributed by atoms with van der Waals surface area (Å²) >= 11 is 3.32. The maximum Gasteiger partial charge on any atom is 0.243 e. The van der Waals surface area contributed by atoms with Crippen molar-refractivity contribution in [1.29, 1.82) is 0 Å². The molecule has 1 saturated heterocycles. The van der Waals surface area contributed by atoms with E-state index in [4.69, 9.17) is 4.74 Å². The summed E-state index contributed by atoms with van der Waals surface area (Å²) in [5.41, 5.74) is 0.589. The van der Waals surface area contributed by atoms with Crippen molar-refractivity contribution in [3.8, 4) is 11.5 Å². The summed E-state index contributed by atoms with van der Waals surface area (Å²) in [6.45, 7) is 0.608. The molecule has 0 aliphatic carbocycles.